The van der Waals surface area contributed by atoms with Crippen LogP contribution in [-0.2, 0) is 4.79 Å². The molecule has 0 aliphatic carbocycles. The summed E-state index contributed by atoms with van der Waals surface area (Å²) >= 11 is 8.36. The Balaban J connectivity index is 1.79. The Labute approximate surface area is 151 Å². The number of anilines is 1. The number of nitrogens with one attached hydrogen (secondary N) is 2. The van der Waals surface area contributed by atoms with Crippen LogP contribution in [0.5, 0.6) is 5.75 Å². The van der Waals surface area contributed by atoms with Crippen LogP contribution in [0.15, 0.2) is 53.0 Å². The van der Waals surface area contributed by atoms with E-state index in [2.05, 4.69) is 26.6 Å². The molecular weight excluding hydrogens is 398 g/mol. The standard InChI is InChI=1S/C15H12BrN3O4S/c16-10-1-3-11(4-2-10)17-15(24)18-14(20)9-23-13-7-5-12(6-8-13)19(21)22/h1-8H,9H2,(H2,17,18,20,24). The Morgan fingerprint density at radius 1 is 1.17 bits per heavy atom. The molecule has 0 heterocycles. The molecule has 2 aromatic rings. The predicted molar refractivity (Wildman–Crippen MR) is 97.1 cm³/mol. The average Bonchev–Trinajstić information content (AvgIpc) is 2.55. The molecule has 0 atom stereocenters. The highest BCUT2D eigenvalue weighted by Gasteiger charge is 2.08. The maximum Gasteiger partial charge on any atom is 0.269 e. The third-order valence-electron chi connectivity index (χ3n) is 2.77. The van der Waals surface area contributed by atoms with Gasteiger partial charge in [0.2, 0.25) is 0 Å². The molecule has 2 aromatic carbocycles. The minimum atomic E-state index is -0.511. The second-order valence-corrected chi connectivity index (χ2v) is 5.87. The first-order valence-electron chi connectivity index (χ1n) is 6.68. The molecule has 0 aliphatic heterocycles. The molecule has 1 amide bonds. The minimum Gasteiger partial charge on any atom is -0.484 e. The van der Waals surface area contributed by atoms with E-state index in [4.69, 9.17) is 17.0 Å². The number of carbonyl (C=O) groups is 1. The average molecular weight is 410 g/mol. The molecule has 124 valence electrons. The summed E-state index contributed by atoms with van der Waals surface area (Å²) in [6.07, 6.45) is 0. The van der Waals surface area contributed by atoms with E-state index in [1.165, 1.54) is 24.3 Å². The summed E-state index contributed by atoms with van der Waals surface area (Å²) in [4.78, 5) is 21.8. The van der Waals surface area contributed by atoms with Crippen molar-refractivity contribution < 1.29 is 14.5 Å². The molecule has 0 unspecified atom stereocenters. The number of amides is 1. The fourth-order valence-corrected chi connectivity index (χ4v) is 2.17. The lowest BCUT2D eigenvalue weighted by molar-refractivity contribution is -0.384. The Bertz CT molecular complexity index is 750. The summed E-state index contributed by atoms with van der Waals surface area (Å²) in [6, 6.07) is 12.7. The van der Waals surface area contributed by atoms with Crippen LogP contribution in [-0.4, -0.2) is 22.5 Å². The van der Waals surface area contributed by atoms with Crippen LogP contribution in [0.1, 0.15) is 0 Å². The fourth-order valence-electron chi connectivity index (χ4n) is 1.67. The van der Waals surface area contributed by atoms with Gasteiger partial charge in [-0.05, 0) is 48.6 Å². The van der Waals surface area contributed by atoms with E-state index in [0.717, 1.165) is 10.2 Å². The maximum absolute atomic E-state index is 11.8. The molecule has 0 aromatic heterocycles. The van der Waals surface area contributed by atoms with E-state index in [0.29, 0.717) is 5.75 Å². The first-order chi connectivity index (χ1) is 11.4. The van der Waals surface area contributed by atoms with Crippen LogP contribution in [0.4, 0.5) is 11.4 Å². The van der Waals surface area contributed by atoms with Crippen molar-refractivity contribution >= 4 is 50.5 Å². The van der Waals surface area contributed by atoms with Crippen molar-refractivity contribution in [2.45, 2.75) is 0 Å². The Kier molecular flexibility index (Phi) is 6.21. The summed E-state index contributed by atoms with van der Waals surface area (Å²) in [7, 11) is 0. The number of hydrogen-bond donors (Lipinski definition) is 2. The highest BCUT2D eigenvalue weighted by Crippen LogP contribution is 2.17. The summed E-state index contributed by atoms with van der Waals surface area (Å²) in [5, 5.41) is 16.0. The predicted octanol–water partition coefficient (Wildman–Crippen LogP) is 3.25. The lowest BCUT2D eigenvalue weighted by Gasteiger charge is -2.10. The zero-order chi connectivity index (χ0) is 17.5. The van der Waals surface area contributed by atoms with Gasteiger partial charge in [0.05, 0.1) is 4.92 Å². The number of thiocarbonyl (C=S) groups is 1. The fraction of sp³-hybridized carbons (Fsp3) is 0.0667. The van der Waals surface area contributed by atoms with Gasteiger partial charge in [-0.15, -0.1) is 0 Å². The minimum absolute atomic E-state index is 0.0494. The van der Waals surface area contributed by atoms with Crippen LogP contribution >= 0.6 is 28.1 Å². The molecule has 0 spiro atoms. The van der Waals surface area contributed by atoms with Crippen molar-refractivity contribution in [3.05, 3.63) is 63.1 Å². The molecule has 7 nitrogen and oxygen atoms in total. The van der Waals surface area contributed by atoms with Gasteiger partial charge in [-0.2, -0.15) is 0 Å². The number of nitrogens with zero attached hydrogens (tertiary/aromatic N) is 1. The largest absolute Gasteiger partial charge is 0.484 e. The molecular formula is C15H12BrN3O4S. The molecule has 0 saturated carbocycles. The quantitative estimate of drug-likeness (QED) is 0.447. The number of carbonyl (C=O) groups excluding carboxylic acids is 1. The van der Waals surface area contributed by atoms with E-state index in [9.17, 15) is 14.9 Å². The van der Waals surface area contributed by atoms with Crippen LogP contribution in [0.2, 0.25) is 0 Å². The molecule has 9 heteroatoms. The maximum atomic E-state index is 11.8. The zero-order valence-electron chi connectivity index (χ0n) is 12.2. The Hall–Kier alpha value is -2.52. The number of nitro groups is 1. The Morgan fingerprint density at radius 3 is 2.38 bits per heavy atom. The van der Waals surface area contributed by atoms with Gasteiger partial charge < -0.3 is 10.1 Å². The van der Waals surface area contributed by atoms with Gasteiger partial charge in [-0.1, -0.05) is 15.9 Å². The number of non-ortho nitro benzene ring substituents is 1. The van der Waals surface area contributed by atoms with E-state index >= 15 is 0 Å². The molecule has 0 bridgehead atoms. The van der Waals surface area contributed by atoms with Gasteiger partial charge in [0, 0.05) is 22.3 Å². The topological polar surface area (TPSA) is 93.5 Å². The van der Waals surface area contributed by atoms with E-state index < -0.39 is 10.8 Å². The molecule has 24 heavy (non-hydrogen) atoms. The van der Waals surface area contributed by atoms with E-state index in [1.54, 1.807) is 12.1 Å². The van der Waals surface area contributed by atoms with Crippen molar-refractivity contribution in [3.63, 3.8) is 0 Å². The number of nitro benzene ring substituents is 1. The van der Waals surface area contributed by atoms with Gasteiger partial charge in [-0.3, -0.25) is 20.2 Å². The van der Waals surface area contributed by atoms with Gasteiger partial charge in [-0.25, -0.2) is 0 Å². The molecule has 0 aliphatic rings. The Morgan fingerprint density at radius 2 is 1.79 bits per heavy atom. The summed E-state index contributed by atoms with van der Waals surface area (Å²) in [6.45, 7) is -0.264. The molecule has 0 saturated heterocycles. The van der Waals surface area contributed by atoms with E-state index in [-0.39, 0.29) is 17.4 Å². The van der Waals surface area contributed by atoms with Gasteiger partial charge in [0.1, 0.15) is 5.75 Å². The SMILES string of the molecule is O=C(COc1ccc([N+](=O)[O-])cc1)NC(=S)Nc1ccc(Br)cc1. The van der Waals surface area contributed by atoms with E-state index in [1.807, 2.05) is 12.1 Å². The van der Waals surface area contributed by atoms with Gasteiger partial charge >= 0.3 is 0 Å². The first kappa shape index (κ1) is 17.8. The second kappa shape index (κ2) is 8.37. The van der Waals surface area contributed by atoms with Crippen LogP contribution < -0.4 is 15.4 Å². The van der Waals surface area contributed by atoms with Crippen molar-refractivity contribution in [2.75, 3.05) is 11.9 Å². The van der Waals surface area contributed by atoms with Crippen molar-refractivity contribution in [1.29, 1.82) is 0 Å². The lowest BCUT2D eigenvalue weighted by atomic mass is 10.3. The molecule has 2 N–H and O–H groups in total. The molecule has 0 fully saturated rings. The number of rotatable bonds is 5. The summed E-state index contributed by atoms with van der Waals surface area (Å²) in [5.41, 5.74) is 0.687. The third kappa shape index (κ3) is 5.60. The molecule has 2 rings (SSSR count). The van der Waals surface area contributed by atoms with Crippen molar-refractivity contribution in [2.24, 2.45) is 0 Å². The first-order valence-corrected chi connectivity index (χ1v) is 7.88. The van der Waals surface area contributed by atoms with Crippen LogP contribution in [0.25, 0.3) is 0 Å². The summed E-state index contributed by atoms with van der Waals surface area (Å²) in [5.74, 6) is -0.0921. The van der Waals surface area contributed by atoms with Crippen LogP contribution in [0.3, 0.4) is 0 Å². The van der Waals surface area contributed by atoms with Crippen molar-refractivity contribution in [3.8, 4) is 5.75 Å². The molecule has 0 radical (unpaired) electrons. The van der Waals surface area contributed by atoms with Gasteiger partial charge in [0.25, 0.3) is 11.6 Å². The smallest absolute Gasteiger partial charge is 0.269 e. The zero-order valence-corrected chi connectivity index (χ0v) is 14.6. The second-order valence-electron chi connectivity index (χ2n) is 4.55. The highest BCUT2D eigenvalue weighted by atomic mass is 79.9. The highest BCUT2D eigenvalue weighted by molar-refractivity contribution is 9.10. The summed E-state index contributed by atoms with van der Waals surface area (Å²) < 4.78 is 6.17. The van der Waals surface area contributed by atoms with Gasteiger partial charge in [0.15, 0.2) is 11.7 Å². The van der Waals surface area contributed by atoms with Crippen molar-refractivity contribution in [1.82, 2.24) is 5.32 Å². The monoisotopic (exact) mass is 409 g/mol. The normalized spacial score (nSPS) is 9.88. The number of hydrogen-bond acceptors (Lipinski definition) is 5. The number of halogens is 1. The number of ether oxygens (including phenoxy) is 1. The number of benzene rings is 2. The third-order valence-corrected chi connectivity index (χ3v) is 3.51. The lowest BCUT2D eigenvalue weighted by Crippen LogP contribution is -2.37. The van der Waals surface area contributed by atoms with Crippen LogP contribution in [0, 0.1) is 10.1 Å².